The van der Waals surface area contributed by atoms with E-state index in [-0.39, 0.29) is 11.3 Å². The molecule has 1 aromatic carbocycles. The SMILES string of the molecule is C=C[C@@H]1Cc2cc(OC)ccc2[C@H]2CC[C@]3(C)[C@H](C=O)CC[C@@H]3[C@H]12. The van der Waals surface area contributed by atoms with E-state index in [9.17, 15) is 4.79 Å². The number of carbonyl (C=O) groups excluding carboxylic acids is 1. The summed E-state index contributed by atoms with van der Waals surface area (Å²) in [6, 6.07) is 6.62. The Kier molecular flexibility index (Phi) is 3.82. The molecule has 128 valence electrons. The molecule has 2 nitrogen and oxygen atoms in total. The summed E-state index contributed by atoms with van der Waals surface area (Å²) in [4.78, 5) is 11.6. The third-order valence-corrected chi connectivity index (χ3v) is 7.57. The van der Waals surface area contributed by atoms with E-state index in [4.69, 9.17) is 4.74 Å². The van der Waals surface area contributed by atoms with Crippen molar-refractivity contribution in [3.8, 4) is 5.75 Å². The van der Waals surface area contributed by atoms with Gasteiger partial charge in [-0.15, -0.1) is 6.58 Å². The van der Waals surface area contributed by atoms with Crippen LogP contribution in [0.3, 0.4) is 0 Å². The van der Waals surface area contributed by atoms with Crippen molar-refractivity contribution in [2.75, 3.05) is 7.11 Å². The topological polar surface area (TPSA) is 26.3 Å². The van der Waals surface area contributed by atoms with Crippen LogP contribution in [0.25, 0.3) is 0 Å². The van der Waals surface area contributed by atoms with Gasteiger partial charge in [0.05, 0.1) is 7.11 Å². The van der Waals surface area contributed by atoms with Gasteiger partial charge in [0.2, 0.25) is 0 Å². The Labute approximate surface area is 145 Å². The first-order valence-electron chi connectivity index (χ1n) is 9.37. The van der Waals surface area contributed by atoms with E-state index in [0.29, 0.717) is 23.7 Å². The number of hydrogen-bond donors (Lipinski definition) is 0. The van der Waals surface area contributed by atoms with Gasteiger partial charge < -0.3 is 9.53 Å². The second kappa shape index (κ2) is 5.75. The molecule has 6 atom stereocenters. The van der Waals surface area contributed by atoms with E-state index >= 15 is 0 Å². The normalized spacial score (nSPS) is 40.2. The molecular formula is C22H28O2. The third-order valence-electron chi connectivity index (χ3n) is 7.57. The number of allylic oxidation sites excluding steroid dienone is 1. The van der Waals surface area contributed by atoms with Crippen molar-refractivity contribution >= 4 is 6.29 Å². The summed E-state index contributed by atoms with van der Waals surface area (Å²) in [7, 11) is 1.74. The quantitative estimate of drug-likeness (QED) is 0.591. The highest BCUT2D eigenvalue weighted by Gasteiger charge is 2.56. The van der Waals surface area contributed by atoms with Crippen LogP contribution < -0.4 is 4.74 Å². The van der Waals surface area contributed by atoms with E-state index in [1.807, 2.05) is 0 Å². The summed E-state index contributed by atoms with van der Waals surface area (Å²) in [5.41, 5.74) is 3.17. The van der Waals surface area contributed by atoms with Crippen molar-refractivity contribution in [1.29, 1.82) is 0 Å². The van der Waals surface area contributed by atoms with E-state index < -0.39 is 0 Å². The molecule has 0 radical (unpaired) electrons. The van der Waals surface area contributed by atoms with Crippen LogP contribution >= 0.6 is 0 Å². The van der Waals surface area contributed by atoms with Gasteiger partial charge in [-0.25, -0.2) is 0 Å². The van der Waals surface area contributed by atoms with E-state index in [1.165, 1.54) is 36.7 Å². The molecule has 0 aliphatic heterocycles. The van der Waals surface area contributed by atoms with Crippen LogP contribution in [-0.2, 0) is 11.2 Å². The number of aldehydes is 1. The van der Waals surface area contributed by atoms with E-state index in [2.05, 4.69) is 37.8 Å². The minimum atomic E-state index is 0.203. The van der Waals surface area contributed by atoms with Crippen LogP contribution in [0, 0.1) is 29.1 Å². The molecule has 0 saturated heterocycles. The molecule has 3 aliphatic carbocycles. The summed E-state index contributed by atoms with van der Waals surface area (Å²) in [6.45, 7) is 6.54. The average molecular weight is 324 g/mol. The molecule has 0 amide bonds. The largest absolute Gasteiger partial charge is 0.497 e. The summed E-state index contributed by atoms with van der Waals surface area (Å²) in [6.07, 6.45) is 9.15. The second-order valence-corrected chi connectivity index (χ2v) is 8.32. The Bertz CT molecular complexity index is 664. The van der Waals surface area contributed by atoms with Crippen molar-refractivity contribution in [2.45, 2.75) is 44.9 Å². The highest BCUT2D eigenvalue weighted by Crippen LogP contribution is 2.63. The smallest absolute Gasteiger partial charge is 0.123 e. The monoisotopic (exact) mass is 324 g/mol. The van der Waals surface area contributed by atoms with Crippen LogP contribution in [0.5, 0.6) is 5.75 Å². The maximum atomic E-state index is 11.6. The lowest BCUT2D eigenvalue weighted by atomic mass is 9.51. The van der Waals surface area contributed by atoms with Gasteiger partial charge in [0.25, 0.3) is 0 Å². The van der Waals surface area contributed by atoms with E-state index in [1.54, 1.807) is 7.11 Å². The molecule has 0 heterocycles. The number of hydrogen-bond acceptors (Lipinski definition) is 2. The summed E-state index contributed by atoms with van der Waals surface area (Å²) in [5.74, 6) is 3.65. The molecule has 2 saturated carbocycles. The van der Waals surface area contributed by atoms with Crippen LogP contribution in [0.2, 0.25) is 0 Å². The zero-order valence-electron chi connectivity index (χ0n) is 14.8. The van der Waals surface area contributed by atoms with Crippen molar-refractivity contribution in [2.24, 2.45) is 29.1 Å². The fourth-order valence-electron chi connectivity index (χ4n) is 6.30. The molecule has 0 unspecified atom stereocenters. The Hall–Kier alpha value is -1.57. The minimum absolute atomic E-state index is 0.203. The maximum Gasteiger partial charge on any atom is 0.123 e. The van der Waals surface area contributed by atoms with Gasteiger partial charge >= 0.3 is 0 Å². The van der Waals surface area contributed by atoms with Crippen molar-refractivity contribution in [1.82, 2.24) is 0 Å². The highest BCUT2D eigenvalue weighted by molar-refractivity contribution is 5.56. The first-order valence-corrected chi connectivity index (χ1v) is 9.37. The summed E-state index contributed by atoms with van der Waals surface area (Å²) >= 11 is 0. The van der Waals surface area contributed by atoms with Gasteiger partial charge in [-0.3, -0.25) is 0 Å². The van der Waals surface area contributed by atoms with Gasteiger partial charge in [-0.2, -0.15) is 0 Å². The van der Waals surface area contributed by atoms with Gasteiger partial charge in [0.1, 0.15) is 12.0 Å². The van der Waals surface area contributed by atoms with Gasteiger partial charge in [-0.1, -0.05) is 19.1 Å². The average Bonchev–Trinajstić information content (AvgIpc) is 2.96. The van der Waals surface area contributed by atoms with Crippen LogP contribution in [0.4, 0.5) is 0 Å². The molecule has 0 N–H and O–H groups in total. The first kappa shape index (κ1) is 15.9. The molecule has 24 heavy (non-hydrogen) atoms. The van der Waals surface area contributed by atoms with E-state index in [0.717, 1.165) is 18.6 Å². The molecule has 0 bridgehead atoms. The van der Waals surface area contributed by atoms with Crippen molar-refractivity contribution in [3.05, 3.63) is 42.0 Å². The fourth-order valence-corrected chi connectivity index (χ4v) is 6.30. The molecule has 0 aromatic heterocycles. The molecule has 2 heteroatoms. The molecule has 4 rings (SSSR count). The second-order valence-electron chi connectivity index (χ2n) is 8.32. The predicted octanol–water partition coefficient (Wildman–Crippen LogP) is 4.78. The molecule has 1 aromatic rings. The van der Waals surface area contributed by atoms with Crippen LogP contribution in [0.15, 0.2) is 30.9 Å². The van der Waals surface area contributed by atoms with Crippen molar-refractivity contribution < 1.29 is 9.53 Å². The number of carbonyl (C=O) groups is 1. The van der Waals surface area contributed by atoms with Gasteiger partial charge in [-0.05, 0) is 84.5 Å². The number of rotatable bonds is 3. The zero-order valence-corrected chi connectivity index (χ0v) is 14.8. The lowest BCUT2D eigenvalue weighted by molar-refractivity contribution is -0.116. The maximum absolute atomic E-state index is 11.6. The zero-order chi connectivity index (χ0) is 16.9. The van der Waals surface area contributed by atoms with Crippen LogP contribution in [-0.4, -0.2) is 13.4 Å². The summed E-state index contributed by atoms with van der Waals surface area (Å²) in [5, 5.41) is 0. The number of ether oxygens (including phenoxy) is 1. The molecular weight excluding hydrogens is 296 g/mol. The Balaban J connectivity index is 1.76. The van der Waals surface area contributed by atoms with Gasteiger partial charge in [0.15, 0.2) is 0 Å². The minimum Gasteiger partial charge on any atom is -0.497 e. The summed E-state index contributed by atoms with van der Waals surface area (Å²) < 4.78 is 5.43. The van der Waals surface area contributed by atoms with Crippen LogP contribution in [0.1, 0.15) is 49.7 Å². The molecule has 3 aliphatic rings. The Morgan fingerprint density at radius 2 is 2.12 bits per heavy atom. The fraction of sp³-hybridized carbons (Fsp3) is 0.591. The lowest BCUT2D eigenvalue weighted by Crippen LogP contribution is -2.45. The number of methoxy groups -OCH3 is 1. The highest BCUT2D eigenvalue weighted by atomic mass is 16.5. The number of benzene rings is 1. The standard InChI is InChI=1S/C22H28O2/c1-4-14-11-15-12-17(24-3)6-7-18(15)19-9-10-22(2)16(13-23)5-8-20(22)21(14)19/h4,6-7,12-14,16,19-21H,1,5,8-11H2,2-3H3/t14-,16+,19-,20-,21-,22-/m1/s1. The molecule has 0 spiro atoms. The Morgan fingerprint density at radius 3 is 2.83 bits per heavy atom. The number of fused-ring (bicyclic) bond motifs is 5. The third kappa shape index (κ3) is 2.11. The predicted molar refractivity (Wildman–Crippen MR) is 96.2 cm³/mol. The Morgan fingerprint density at radius 1 is 1.29 bits per heavy atom. The van der Waals surface area contributed by atoms with Gasteiger partial charge in [0, 0.05) is 5.92 Å². The molecule has 2 fully saturated rings. The van der Waals surface area contributed by atoms with Crippen molar-refractivity contribution in [3.63, 3.8) is 0 Å². The first-order chi connectivity index (χ1) is 11.6. The lowest BCUT2D eigenvalue weighted by Gasteiger charge is -2.52.